The number of nitrogens with one attached hydrogen (secondary N) is 1. The molecule has 0 amide bonds. The van der Waals surface area contributed by atoms with Crippen LogP contribution in [0.2, 0.25) is 0 Å². The third-order valence-electron chi connectivity index (χ3n) is 2.82. The molecule has 3 nitrogen and oxygen atoms in total. The van der Waals surface area contributed by atoms with Crippen LogP contribution in [0.3, 0.4) is 0 Å². The highest BCUT2D eigenvalue weighted by atomic mass is 32.2. The van der Waals surface area contributed by atoms with E-state index < -0.39 is 39.0 Å². The summed E-state index contributed by atoms with van der Waals surface area (Å²) in [4.78, 5) is 0. The van der Waals surface area contributed by atoms with Crippen LogP contribution in [-0.4, -0.2) is 26.0 Å². The fourth-order valence-electron chi connectivity index (χ4n) is 2.02. The van der Waals surface area contributed by atoms with Crippen LogP contribution >= 0.6 is 0 Å². The molecule has 2 rings (SSSR count). The summed E-state index contributed by atoms with van der Waals surface area (Å²) in [6.45, 7) is 0. The molecule has 1 heterocycles. The van der Waals surface area contributed by atoms with Crippen LogP contribution in [0.1, 0.15) is 12.8 Å². The van der Waals surface area contributed by atoms with Crippen molar-refractivity contribution in [1.29, 1.82) is 0 Å². The summed E-state index contributed by atoms with van der Waals surface area (Å²) in [7, 11) is -3.17. The van der Waals surface area contributed by atoms with Crippen LogP contribution in [-0.2, 0) is 9.84 Å². The molecule has 1 saturated heterocycles. The quantitative estimate of drug-likeness (QED) is 0.901. The van der Waals surface area contributed by atoms with E-state index in [1.54, 1.807) is 0 Å². The van der Waals surface area contributed by atoms with Gasteiger partial charge >= 0.3 is 0 Å². The van der Waals surface area contributed by atoms with Gasteiger partial charge in [-0.2, -0.15) is 0 Å². The average molecular weight is 279 g/mol. The van der Waals surface area contributed by atoms with Gasteiger partial charge in [0.05, 0.1) is 11.5 Å². The van der Waals surface area contributed by atoms with Gasteiger partial charge in [0.15, 0.2) is 21.5 Å². The van der Waals surface area contributed by atoms with E-state index in [-0.39, 0.29) is 11.5 Å². The lowest BCUT2D eigenvalue weighted by atomic mass is 10.1. The Morgan fingerprint density at radius 2 is 1.78 bits per heavy atom. The summed E-state index contributed by atoms with van der Waals surface area (Å²) >= 11 is 0. The number of hydrogen-bond donors (Lipinski definition) is 1. The molecular weight excluding hydrogens is 267 g/mol. The zero-order valence-corrected chi connectivity index (χ0v) is 10.2. The van der Waals surface area contributed by atoms with Crippen LogP contribution < -0.4 is 5.32 Å². The Morgan fingerprint density at radius 3 is 2.33 bits per heavy atom. The lowest BCUT2D eigenvalue weighted by molar-refractivity contribution is 0.535. The number of benzene rings is 1. The van der Waals surface area contributed by atoms with Gasteiger partial charge in [-0.1, -0.05) is 0 Å². The maximum absolute atomic E-state index is 13.4. The third-order valence-corrected chi connectivity index (χ3v) is 4.64. The molecule has 100 valence electrons. The molecule has 1 unspecified atom stereocenters. The molecule has 0 bridgehead atoms. The molecule has 1 atom stereocenters. The number of sulfone groups is 1. The number of anilines is 1. The first-order valence-corrected chi connectivity index (χ1v) is 7.31. The second kappa shape index (κ2) is 4.79. The van der Waals surface area contributed by atoms with Crippen molar-refractivity contribution in [2.75, 3.05) is 16.8 Å². The fourth-order valence-corrected chi connectivity index (χ4v) is 3.66. The molecule has 0 radical (unpaired) electrons. The predicted molar refractivity (Wildman–Crippen MR) is 61.6 cm³/mol. The standard InChI is InChI=1S/C11H12F3NO2S/c12-7-4-9(13)11(10(14)5-7)15-8-2-1-3-18(16,17)6-8/h4-5,8,15H,1-3,6H2. The number of hydrogen-bond acceptors (Lipinski definition) is 3. The number of rotatable bonds is 2. The molecule has 1 fully saturated rings. The monoisotopic (exact) mass is 279 g/mol. The van der Waals surface area contributed by atoms with Crippen LogP contribution in [0.15, 0.2) is 12.1 Å². The molecule has 0 spiro atoms. The van der Waals surface area contributed by atoms with Crippen LogP contribution in [0, 0.1) is 17.5 Å². The van der Waals surface area contributed by atoms with E-state index >= 15 is 0 Å². The van der Waals surface area contributed by atoms with Crippen molar-refractivity contribution in [3.05, 3.63) is 29.6 Å². The lowest BCUT2D eigenvalue weighted by Crippen LogP contribution is -2.35. The summed E-state index contributed by atoms with van der Waals surface area (Å²) in [5, 5.41) is 2.50. The van der Waals surface area contributed by atoms with Crippen molar-refractivity contribution in [3.8, 4) is 0 Å². The second-order valence-corrected chi connectivity index (χ2v) is 6.57. The maximum Gasteiger partial charge on any atom is 0.152 e. The fraction of sp³-hybridized carbons (Fsp3) is 0.455. The van der Waals surface area contributed by atoms with Crippen molar-refractivity contribution < 1.29 is 21.6 Å². The van der Waals surface area contributed by atoms with E-state index in [0.717, 1.165) is 0 Å². The normalized spacial score (nSPS) is 22.7. The first kappa shape index (κ1) is 13.2. The third kappa shape index (κ3) is 2.95. The summed E-state index contributed by atoms with van der Waals surface area (Å²) in [6.07, 6.45) is 0.958. The molecular formula is C11H12F3NO2S. The van der Waals surface area contributed by atoms with Crippen LogP contribution in [0.4, 0.5) is 18.9 Å². The SMILES string of the molecule is O=S1(=O)CCCC(Nc2c(F)cc(F)cc2F)C1. The van der Waals surface area contributed by atoms with Gasteiger partial charge in [-0.3, -0.25) is 0 Å². The molecule has 1 N–H and O–H groups in total. The Labute approximate surface area is 103 Å². The molecule has 0 aliphatic carbocycles. The van der Waals surface area contributed by atoms with Crippen molar-refractivity contribution in [1.82, 2.24) is 0 Å². The first-order valence-electron chi connectivity index (χ1n) is 5.49. The van der Waals surface area contributed by atoms with E-state index in [4.69, 9.17) is 0 Å². The van der Waals surface area contributed by atoms with E-state index in [2.05, 4.69) is 5.32 Å². The molecule has 7 heteroatoms. The zero-order chi connectivity index (χ0) is 13.3. The minimum atomic E-state index is -3.17. The van der Waals surface area contributed by atoms with Gasteiger partial charge in [-0.25, -0.2) is 21.6 Å². The van der Waals surface area contributed by atoms with Crippen LogP contribution in [0.5, 0.6) is 0 Å². The minimum Gasteiger partial charge on any atom is -0.377 e. The highest BCUT2D eigenvalue weighted by Crippen LogP contribution is 2.23. The summed E-state index contributed by atoms with van der Waals surface area (Å²) in [5.41, 5.74) is -0.474. The van der Waals surface area contributed by atoms with Crippen molar-refractivity contribution in [2.24, 2.45) is 0 Å². The maximum atomic E-state index is 13.4. The van der Waals surface area contributed by atoms with Gasteiger partial charge < -0.3 is 5.32 Å². The summed E-state index contributed by atoms with van der Waals surface area (Å²) in [6, 6.07) is 0.573. The van der Waals surface area contributed by atoms with Crippen molar-refractivity contribution >= 4 is 15.5 Å². The zero-order valence-electron chi connectivity index (χ0n) is 9.42. The molecule has 1 aliphatic heterocycles. The Kier molecular flexibility index (Phi) is 3.52. The molecule has 1 aliphatic rings. The van der Waals surface area contributed by atoms with Gasteiger partial charge in [0.2, 0.25) is 0 Å². The minimum absolute atomic E-state index is 0.0968. The summed E-state index contributed by atoms with van der Waals surface area (Å²) < 4.78 is 62.2. The van der Waals surface area contributed by atoms with Gasteiger partial charge in [-0.15, -0.1) is 0 Å². The van der Waals surface area contributed by atoms with E-state index in [9.17, 15) is 21.6 Å². The molecule has 1 aromatic rings. The highest BCUT2D eigenvalue weighted by Gasteiger charge is 2.26. The van der Waals surface area contributed by atoms with Crippen molar-refractivity contribution in [3.63, 3.8) is 0 Å². The first-order chi connectivity index (χ1) is 8.37. The van der Waals surface area contributed by atoms with Gasteiger partial charge in [0.1, 0.15) is 11.5 Å². The molecule has 0 saturated carbocycles. The smallest absolute Gasteiger partial charge is 0.152 e. The second-order valence-electron chi connectivity index (χ2n) is 4.34. The average Bonchev–Trinajstić information content (AvgIpc) is 2.22. The Hall–Kier alpha value is -1.24. The Morgan fingerprint density at radius 1 is 1.17 bits per heavy atom. The van der Waals surface area contributed by atoms with E-state index in [1.165, 1.54) is 0 Å². The largest absolute Gasteiger partial charge is 0.377 e. The highest BCUT2D eigenvalue weighted by molar-refractivity contribution is 7.91. The van der Waals surface area contributed by atoms with Crippen molar-refractivity contribution in [2.45, 2.75) is 18.9 Å². The Balaban J connectivity index is 2.19. The van der Waals surface area contributed by atoms with Gasteiger partial charge in [-0.05, 0) is 12.8 Å². The van der Waals surface area contributed by atoms with Gasteiger partial charge in [0, 0.05) is 18.2 Å². The van der Waals surface area contributed by atoms with Crippen LogP contribution in [0.25, 0.3) is 0 Å². The molecule has 18 heavy (non-hydrogen) atoms. The summed E-state index contributed by atoms with van der Waals surface area (Å²) in [5.74, 6) is -3.19. The van der Waals surface area contributed by atoms with Gasteiger partial charge in [0.25, 0.3) is 0 Å². The van der Waals surface area contributed by atoms with E-state index in [0.29, 0.717) is 25.0 Å². The Bertz CT molecular complexity index is 536. The predicted octanol–water partition coefficient (Wildman–Crippen LogP) is 2.09. The van der Waals surface area contributed by atoms with E-state index in [1.807, 2.05) is 0 Å². The molecule has 0 aromatic heterocycles. The lowest BCUT2D eigenvalue weighted by Gasteiger charge is -2.24. The topological polar surface area (TPSA) is 46.2 Å². The number of halogens is 3. The molecule has 1 aromatic carbocycles.